The van der Waals surface area contributed by atoms with Gasteiger partial charge in [-0.15, -0.1) is 0 Å². The molecule has 2 atom stereocenters. The SMILES string of the molecule is CCCC1NC(=O)N(CC(N)c2c(F)cccc2F)C1=O. The molecule has 114 valence electrons. The predicted octanol–water partition coefficient (Wildman–Crippen LogP) is 1.69. The van der Waals surface area contributed by atoms with Crippen LogP contribution in [0.3, 0.4) is 0 Å². The zero-order valence-corrected chi connectivity index (χ0v) is 11.6. The monoisotopic (exact) mass is 297 g/mol. The van der Waals surface area contributed by atoms with E-state index in [9.17, 15) is 18.4 Å². The van der Waals surface area contributed by atoms with Gasteiger partial charge >= 0.3 is 6.03 Å². The lowest BCUT2D eigenvalue weighted by atomic mass is 10.1. The Kier molecular flexibility index (Phi) is 4.52. The summed E-state index contributed by atoms with van der Waals surface area (Å²) in [6, 6.07) is 1.13. The molecule has 1 aliphatic heterocycles. The summed E-state index contributed by atoms with van der Waals surface area (Å²) in [5.41, 5.74) is 5.44. The predicted molar refractivity (Wildman–Crippen MR) is 72.2 cm³/mol. The topological polar surface area (TPSA) is 75.4 Å². The molecule has 1 aromatic carbocycles. The lowest BCUT2D eigenvalue weighted by Gasteiger charge is -2.19. The zero-order chi connectivity index (χ0) is 15.6. The van der Waals surface area contributed by atoms with Crippen molar-refractivity contribution in [1.82, 2.24) is 10.2 Å². The third-order valence-corrected chi connectivity index (χ3v) is 3.43. The van der Waals surface area contributed by atoms with E-state index in [0.29, 0.717) is 6.42 Å². The largest absolute Gasteiger partial charge is 0.326 e. The smallest absolute Gasteiger partial charge is 0.324 e. The van der Waals surface area contributed by atoms with Crippen LogP contribution in [0, 0.1) is 11.6 Å². The Bertz CT molecular complexity index is 545. The highest BCUT2D eigenvalue weighted by Crippen LogP contribution is 2.21. The molecule has 1 saturated heterocycles. The van der Waals surface area contributed by atoms with Crippen LogP contribution in [0.5, 0.6) is 0 Å². The first-order valence-corrected chi connectivity index (χ1v) is 6.77. The molecule has 0 spiro atoms. The van der Waals surface area contributed by atoms with Crippen molar-refractivity contribution >= 4 is 11.9 Å². The molecule has 3 amide bonds. The summed E-state index contributed by atoms with van der Waals surface area (Å²) < 4.78 is 27.3. The average molecular weight is 297 g/mol. The number of rotatable bonds is 5. The van der Waals surface area contributed by atoms with Gasteiger partial charge in [0.1, 0.15) is 17.7 Å². The second-order valence-electron chi connectivity index (χ2n) is 4.98. The number of nitrogens with two attached hydrogens (primary N) is 1. The van der Waals surface area contributed by atoms with E-state index in [1.54, 1.807) is 0 Å². The summed E-state index contributed by atoms with van der Waals surface area (Å²) in [6.45, 7) is 1.63. The Morgan fingerprint density at radius 2 is 1.95 bits per heavy atom. The minimum atomic E-state index is -1.11. The van der Waals surface area contributed by atoms with Crippen molar-refractivity contribution in [2.45, 2.75) is 31.8 Å². The van der Waals surface area contributed by atoms with Crippen LogP contribution in [0.25, 0.3) is 0 Å². The molecular formula is C14H17F2N3O2. The summed E-state index contributed by atoms with van der Waals surface area (Å²) in [5.74, 6) is -1.99. The summed E-state index contributed by atoms with van der Waals surface area (Å²) in [6.07, 6.45) is 1.25. The molecule has 0 aromatic heterocycles. The van der Waals surface area contributed by atoms with Gasteiger partial charge in [-0.05, 0) is 18.6 Å². The Labute approximate surface area is 121 Å². The number of imide groups is 1. The van der Waals surface area contributed by atoms with Crippen molar-refractivity contribution in [2.75, 3.05) is 6.54 Å². The molecular weight excluding hydrogens is 280 g/mol. The number of carbonyl (C=O) groups excluding carboxylic acids is 2. The molecule has 1 aliphatic rings. The first kappa shape index (κ1) is 15.4. The number of hydrogen-bond donors (Lipinski definition) is 2. The maximum absolute atomic E-state index is 13.6. The molecule has 0 saturated carbocycles. The van der Waals surface area contributed by atoms with Crippen LogP contribution in [0.2, 0.25) is 0 Å². The molecule has 21 heavy (non-hydrogen) atoms. The Morgan fingerprint density at radius 3 is 2.52 bits per heavy atom. The van der Waals surface area contributed by atoms with Crippen LogP contribution in [-0.4, -0.2) is 29.4 Å². The quantitative estimate of drug-likeness (QED) is 0.812. The number of nitrogens with one attached hydrogen (secondary N) is 1. The van der Waals surface area contributed by atoms with Gasteiger partial charge in [0.2, 0.25) is 0 Å². The second-order valence-corrected chi connectivity index (χ2v) is 4.98. The van der Waals surface area contributed by atoms with Gasteiger partial charge in [-0.3, -0.25) is 9.69 Å². The van der Waals surface area contributed by atoms with Gasteiger partial charge in [0.25, 0.3) is 5.91 Å². The highest BCUT2D eigenvalue weighted by atomic mass is 19.1. The molecule has 0 radical (unpaired) electrons. The fourth-order valence-corrected chi connectivity index (χ4v) is 2.39. The van der Waals surface area contributed by atoms with Gasteiger partial charge in [-0.25, -0.2) is 13.6 Å². The molecule has 0 aliphatic carbocycles. The van der Waals surface area contributed by atoms with Crippen LogP contribution in [-0.2, 0) is 4.79 Å². The van der Waals surface area contributed by atoms with E-state index >= 15 is 0 Å². The molecule has 1 heterocycles. The van der Waals surface area contributed by atoms with Crippen LogP contribution < -0.4 is 11.1 Å². The van der Waals surface area contributed by atoms with E-state index in [1.807, 2.05) is 6.92 Å². The Balaban J connectivity index is 2.14. The number of carbonyl (C=O) groups is 2. The maximum atomic E-state index is 13.6. The summed E-state index contributed by atoms with van der Waals surface area (Å²) >= 11 is 0. The van der Waals surface area contributed by atoms with E-state index < -0.39 is 35.7 Å². The first-order chi connectivity index (χ1) is 9.95. The van der Waals surface area contributed by atoms with E-state index in [-0.39, 0.29) is 12.1 Å². The zero-order valence-electron chi connectivity index (χ0n) is 11.6. The Morgan fingerprint density at radius 1 is 1.33 bits per heavy atom. The number of benzene rings is 1. The molecule has 2 unspecified atom stereocenters. The number of hydrogen-bond acceptors (Lipinski definition) is 3. The van der Waals surface area contributed by atoms with Crippen LogP contribution >= 0.6 is 0 Å². The van der Waals surface area contributed by atoms with E-state index in [0.717, 1.165) is 23.5 Å². The third kappa shape index (κ3) is 3.02. The van der Waals surface area contributed by atoms with E-state index in [2.05, 4.69) is 5.32 Å². The standard InChI is InChI=1S/C14H17F2N3O2/c1-2-4-11-13(20)19(14(21)18-11)7-10(17)12-8(15)5-3-6-9(12)16/h3,5-6,10-11H,2,4,7,17H2,1H3,(H,18,21). The number of halogens is 2. The van der Waals surface area contributed by atoms with Crippen molar-refractivity contribution in [3.8, 4) is 0 Å². The van der Waals surface area contributed by atoms with Crippen molar-refractivity contribution < 1.29 is 18.4 Å². The van der Waals surface area contributed by atoms with E-state index in [4.69, 9.17) is 5.73 Å². The molecule has 5 nitrogen and oxygen atoms in total. The van der Waals surface area contributed by atoms with Crippen molar-refractivity contribution in [3.05, 3.63) is 35.4 Å². The summed E-state index contributed by atoms with van der Waals surface area (Å²) in [5, 5.41) is 2.54. The highest BCUT2D eigenvalue weighted by Gasteiger charge is 2.38. The number of urea groups is 1. The molecule has 2 rings (SSSR count). The number of amides is 3. The Hall–Kier alpha value is -2.02. The van der Waals surface area contributed by atoms with Crippen LogP contribution in [0.15, 0.2) is 18.2 Å². The molecule has 0 bridgehead atoms. The number of nitrogens with zero attached hydrogens (tertiary/aromatic N) is 1. The molecule has 1 aromatic rings. The molecule has 7 heteroatoms. The maximum Gasteiger partial charge on any atom is 0.324 e. The lowest BCUT2D eigenvalue weighted by molar-refractivity contribution is -0.127. The minimum absolute atomic E-state index is 0.261. The van der Waals surface area contributed by atoms with Gasteiger partial charge in [-0.1, -0.05) is 19.4 Å². The second kappa shape index (κ2) is 6.17. The van der Waals surface area contributed by atoms with Gasteiger partial charge in [0, 0.05) is 5.56 Å². The fraction of sp³-hybridized carbons (Fsp3) is 0.429. The van der Waals surface area contributed by atoms with Gasteiger partial charge in [0.05, 0.1) is 12.6 Å². The van der Waals surface area contributed by atoms with Gasteiger partial charge < -0.3 is 11.1 Å². The van der Waals surface area contributed by atoms with Gasteiger partial charge in [-0.2, -0.15) is 0 Å². The summed E-state index contributed by atoms with van der Waals surface area (Å²) in [7, 11) is 0. The highest BCUT2D eigenvalue weighted by molar-refractivity contribution is 6.04. The third-order valence-electron chi connectivity index (χ3n) is 3.43. The first-order valence-electron chi connectivity index (χ1n) is 6.77. The molecule has 1 fully saturated rings. The summed E-state index contributed by atoms with van der Waals surface area (Å²) in [4.78, 5) is 24.7. The minimum Gasteiger partial charge on any atom is -0.326 e. The van der Waals surface area contributed by atoms with Crippen LogP contribution in [0.1, 0.15) is 31.4 Å². The van der Waals surface area contributed by atoms with E-state index in [1.165, 1.54) is 6.07 Å². The van der Waals surface area contributed by atoms with Crippen molar-refractivity contribution in [2.24, 2.45) is 5.73 Å². The van der Waals surface area contributed by atoms with Gasteiger partial charge in [0.15, 0.2) is 0 Å². The van der Waals surface area contributed by atoms with Crippen molar-refractivity contribution in [1.29, 1.82) is 0 Å². The van der Waals surface area contributed by atoms with Crippen LogP contribution in [0.4, 0.5) is 13.6 Å². The fourth-order valence-electron chi connectivity index (χ4n) is 2.39. The normalized spacial score (nSPS) is 19.8. The molecule has 3 N–H and O–H groups in total. The lowest BCUT2D eigenvalue weighted by Crippen LogP contribution is -2.38. The van der Waals surface area contributed by atoms with Crippen molar-refractivity contribution in [3.63, 3.8) is 0 Å². The average Bonchev–Trinajstić information content (AvgIpc) is 2.67.